The second-order valence-corrected chi connectivity index (χ2v) is 6.49. The summed E-state index contributed by atoms with van der Waals surface area (Å²) in [6.45, 7) is 1.72. The van der Waals surface area contributed by atoms with Crippen molar-refractivity contribution in [3.05, 3.63) is 47.4 Å². The Labute approximate surface area is 163 Å². The van der Waals surface area contributed by atoms with Crippen molar-refractivity contribution in [2.75, 3.05) is 27.3 Å². The lowest BCUT2D eigenvalue weighted by molar-refractivity contribution is -0.121. The number of furan rings is 1. The van der Waals surface area contributed by atoms with Gasteiger partial charge < -0.3 is 29.4 Å². The van der Waals surface area contributed by atoms with Crippen LogP contribution >= 0.6 is 0 Å². The molecule has 2 aromatic rings. The van der Waals surface area contributed by atoms with Crippen LogP contribution in [0.3, 0.4) is 0 Å². The van der Waals surface area contributed by atoms with E-state index in [1.165, 1.54) is 0 Å². The Bertz CT molecular complexity index is 819. The van der Waals surface area contributed by atoms with Crippen molar-refractivity contribution in [3.63, 3.8) is 0 Å². The number of hydrogen-bond donors (Lipinski definition) is 2. The van der Waals surface area contributed by atoms with Crippen LogP contribution in [0.5, 0.6) is 11.5 Å². The summed E-state index contributed by atoms with van der Waals surface area (Å²) in [7, 11) is 3.20. The van der Waals surface area contributed by atoms with E-state index >= 15 is 0 Å². The molecule has 2 heterocycles. The van der Waals surface area contributed by atoms with E-state index in [-0.39, 0.29) is 24.9 Å². The molecule has 0 bridgehead atoms. The van der Waals surface area contributed by atoms with Gasteiger partial charge in [-0.25, -0.2) is 4.79 Å². The van der Waals surface area contributed by atoms with Crippen LogP contribution in [0.2, 0.25) is 0 Å². The molecule has 0 spiro atoms. The van der Waals surface area contributed by atoms with Gasteiger partial charge in [0.2, 0.25) is 5.91 Å². The molecule has 1 aliphatic heterocycles. The second-order valence-electron chi connectivity index (χ2n) is 6.49. The number of benzene rings is 1. The monoisotopic (exact) mass is 387 g/mol. The van der Waals surface area contributed by atoms with Gasteiger partial charge in [0, 0.05) is 26.1 Å². The first-order valence-corrected chi connectivity index (χ1v) is 9.16. The maximum Gasteiger partial charge on any atom is 0.317 e. The molecule has 1 aromatic carbocycles. The van der Waals surface area contributed by atoms with Crippen molar-refractivity contribution in [3.8, 4) is 11.5 Å². The van der Waals surface area contributed by atoms with Crippen LogP contribution in [-0.2, 0) is 24.3 Å². The fourth-order valence-electron chi connectivity index (χ4n) is 3.14. The van der Waals surface area contributed by atoms with Crippen molar-refractivity contribution in [2.24, 2.45) is 0 Å². The topological polar surface area (TPSA) is 93.0 Å². The Morgan fingerprint density at radius 1 is 1.14 bits per heavy atom. The number of rotatable bonds is 7. The van der Waals surface area contributed by atoms with Gasteiger partial charge in [-0.05, 0) is 41.8 Å². The van der Waals surface area contributed by atoms with Gasteiger partial charge in [-0.3, -0.25) is 4.79 Å². The van der Waals surface area contributed by atoms with E-state index in [2.05, 4.69) is 10.6 Å². The van der Waals surface area contributed by atoms with E-state index in [4.69, 9.17) is 13.9 Å². The van der Waals surface area contributed by atoms with Gasteiger partial charge in [0.05, 0.1) is 27.0 Å². The molecule has 1 aliphatic rings. The average Bonchev–Trinajstić information content (AvgIpc) is 3.24. The third-order valence-corrected chi connectivity index (χ3v) is 4.67. The predicted octanol–water partition coefficient (Wildman–Crippen LogP) is 2.07. The molecule has 0 saturated heterocycles. The number of carbonyl (C=O) groups excluding carboxylic acids is 2. The molecule has 0 saturated carbocycles. The smallest absolute Gasteiger partial charge is 0.317 e. The highest BCUT2D eigenvalue weighted by atomic mass is 16.5. The quantitative estimate of drug-likeness (QED) is 0.759. The second kappa shape index (κ2) is 9.16. The van der Waals surface area contributed by atoms with Crippen LogP contribution in [0.25, 0.3) is 0 Å². The van der Waals surface area contributed by atoms with E-state index in [1.807, 2.05) is 12.1 Å². The summed E-state index contributed by atoms with van der Waals surface area (Å²) in [4.78, 5) is 26.0. The molecule has 2 N–H and O–H groups in total. The summed E-state index contributed by atoms with van der Waals surface area (Å²) >= 11 is 0. The lowest BCUT2D eigenvalue weighted by atomic mass is 9.99. The molecule has 0 unspecified atom stereocenters. The van der Waals surface area contributed by atoms with Crippen LogP contribution in [-0.4, -0.2) is 44.1 Å². The number of urea groups is 1. The van der Waals surface area contributed by atoms with Gasteiger partial charge in [-0.15, -0.1) is 0 Å². The molecule has 28 heavy (non-hydrogen) atoms. The minimum atomic E-state index is -0.181. The molecular weight excluding hydrogens is 362 g/mol. The molecule has 0 fully saturated rings. The minimum Gasteiger partial charge on any atom is -0.493 e. The van der Waals surface area contributed by atoms with Crippen molar-refractivity contribution >= 4 is 11.9 Å². The third kappa shape index (κ3) is 4.76. The molecular formula is C20H25N3O5. The van der Waals surface area contributed by atoms with Crippen molar-refractivity contribution in [1.29, 1.82) is 0 Å². The Balaban J connectivity index is 1.46. The zero-order valence-corrected chi connectivity index (χ0v) is 16.1. The summed E-state index contributed by atoms with van der Waals surface area (Å²) in [6.07, 6.45) is 2.51. The van der Waals surface area contributed by atoms with Gasteiger partial charge in [0.25, 0.3) is 0 Å². The lowest BCUT2D eigenvalue weighted by Crippen LogP contribution is -2.43. The number of carbonyl (C=O) groups is 2. The minimum absolute atomic E-state index is 0.141. The van der Waals surface area contributed by atoms with Crippen LogP contribution in [0.1, 0.15) is 23.3 Å². The molecule has 0 radical (unpaired) electrons. The highest BCUT2D eigenvalue weighted by Gasteiger charge is 2.22. The van der Waals surface area contributed by atoms with Gasteiger partial charge >= 0.3 is 6.03 Å². The Morgan fingerprint density at radius 2 is 1.89 bits per heavy atom. The van der Waals surface area contributed by atoms with E-state index in [0.717, 1.165) is 17.5 Å². The van der Waals surface area contributed by atoms with Crippen LogP contribution < -0.4 is 20.1 Å². The summed E-state index contributed by atoms with van der Waals surface area (Å²) in [6, 6.07) is 7.26. The molecule has 3 amide bonds. The summed E-state index contributed by atoms with van der Waals surface area (Å²) in [5.74, 6) is 1.89. The number of amides is 3. The normalized spacial score (nSPS) is 12.9. The van der Waals surface area contributed by atoms with E-state index < -0.39 is 0 Å². The van der Waals surface area contributed by atoms with Crippen LogP contribution in [0.15, 0.2) is 34.9 Å². The third-order valence-electron chi connectivity index (χ3n) is 4.67. The molecule has 8 nitrogen and oxygen atoms in total. The largest absolute Gasteiger partial charge is 0.493 e. The molecule has 3 rings (SSSR count). The SMILES string of the molecule is COc1cc2c(cc1OC)CN(C(=O)NCCC(=O)NCc1ccco1)CC2. The highest BCUT2D eigenvalue weighted by molar-refractivity contribution is 5.78. The number of methoxy groups -OCH3 is 2. The Kier molecular flexibility index (Phi) is 6.41. The molecule has 0 aliphatic carbocycles. The zero-order valence-electron chi connectivity index (χ0n) is 16.1. The fourth-order valence-corrected chi connectivity index (χ4v) is 3.14. The van der Waals surface area contributed by atoms with E-state index in [1.54, 1.807) is 37.5 Å². The van der Waals surface area contributed by atoms with Gasteiger partial charge in [0.15, 0.2) is 11.5 Å². The Morgan fingerprint density at radius 3 is 2.57 bits per heavy atom. The summed E-state index contributed by atoms with van der Waals surface area (Å²) in [5.41, 5.74) is 2.19. The number of hydrogen-bond acceptors (Lipinski definition) is 5. The molecule has 8 heteroatoms. The Hall–Kier alpha value is -3.16. The highest BCUT2D eigenvalue weighted by Crippen LogP contribution is 2.33. The average molecular weight is 387 g/mol. The number of fused-ring (bicyclic) bond motifs is 1. The van der Waals surface area contributed by atoms with E-state index in [9.17, 15) is 9.59 Å². The standard InChI is InChI=1S/C20H25N3O5/c1-26-17-10-14-6-8-23(13-15(14)11-18(17)27-2)20(25)21-7-5-19(24)22-12-16-4-3-9-28-16/h3-4,9-11H,5-8,12-13H2,1-2H3,(H,21,25)(H,22,24). The molecule has 1 aromatic heterocycles. The number of nitrogens with zero attached hydrogens (tertiary/aromatic N) is 1. The molecule has 150 valence electrons. The fraction of sp³-hybridized carbons (Fsp3) is 0.400. The summed E-state index contributed by atoms with van der Waals surface area (Å²) < 4.78 is 15.8. The lowest BCUT2D eigenvalue weighted by Gasteiger charge is -2.29. The van der Waals surface area contributed by atoms with Crippen LogP contribution in [0.4, 0.5) is 4.79 Å². The number of nitrogens with one attached hydrogen (secondary N) is 2. The summed E-state index contributed by atoms with van der Waals surface area (Å²) in [5, 5.41) is 5.56. The number of ether oxygens (including phenoxy) is 2. The predicted molar refractivity (Wildman–Crippen MR) is 102 cm³/mol. The zero-order chi connectivity index (χ0) is 19.9. The van der Waals surface area contributed by atoms with Crippen molar-refractivity contribution in [2.45, 2.75) is 25.9 Å². The maximum absolute atomic E-state index is 12.4. The maximum atomic E-state index is 12.4. The van der Waals surface area contributed by atoms with Gasteiger partial charge in [-0.2, -0.15) is 0 Å². The van der Waals surface area contributed by atoms with Crippen LogP contribution in [0, 0.1) is 0 Å². The van der Waals surface area contributed by atoms with Gasteiger partial charge in [0.1, 0.15) is 5.76 Å². The first kappa shape index (κ1) is 19.6. The first-order valence-electron chi connectivity index (χ1n) is 9.16. The first-order chi connectivity index (χ1) is 13.6. The van der Waals surface area contributed by atoms with Crippen molar-refractivity contribution < 1.29 is 23.5 Å². The molecule has 0 atom stereocenters. The van der Waals surface area contributed by atoms with E-state index in [0.29, 0.717) is 36.9 Å². The van der Waals surface area contributed by atoms with Crippen molar-refractivity contribution in [1.82, 2.24) is 15.5 Å². The van der Waals surface area contributed by atoms with Gasteiger partial charge in [-0.1, -0.05) is 0 Å².